The first-order valence-electron chi connectivity index (χ1n) is 7.22. The van der Waals surface area contributed by atoms with Crippen LogP contribution in [-0.4, -0.2) is 47.1 Å². The van der Waals surface area contributed by atoms with Gasteiger partial charge in [0.2, 0.25) is 0 Å². The molecule has 2 heterocycles. The number of epoxide rings is 1. The standard InChI is InChI=1S/C8Cl4O3.C6H6O.C3H6O.Al.3ClH/c9-3-1-2(8(14)15-7(1)13)4(10)6(12)5(3)11;7-6-4-2-1-3-5-6;1-3-2-4-3;;;;/h;1-5,7H;3H,2H2,1H3;;3*1H/q;;;+3;;;/p-3. The van der Waals surface area contributed by atoms with E-state index in [0.717, 1.165) is 6.61 Å². The van der Waals surface area contributed by atoms with Gasteiger partial charge in [-0.05, 0) is 19.1 Å². The van der Waals surface area contributed by atoms with E-state index in [1.54, 1.807) is 24.3 Å². The molecule has 1 unspecified atom stereocenters. The summed E-state index contributed by atoms with van der Waals surface area (Å²) >= 11 is 22.9. The van der Waals surface area contributed by atoms with Crippen LogP contribution in [0.1, 0.15) is 27.6 Å². The van der Waals surface area contributed by atoms with Gasteiger partial charge in [-0.15, -0.1) is 0 Å². The van der Waals surface area contributed by atoms with Gasteiger partial charge in [0.1, 0.15) is 5.75 Å². The summed E-state index contributed by atoms with van der Waals surface area (Å²) in [5.41, 5.74) is -0.276. The molecular weight excluding hydrogens is 559 g/mol. The number of carbonyl (C=O) groups is 2. The van der Waals surface area contributed by atoms with Crippen LogP contribution >= 0.6 is 46.4 Å². The number of aromatic hydroxyl groups is 1. The molecule has 30 heavy (non-hydrogen) atoms. The molecule has 0 bridgehead atoms. The van der Waals surface area contributed by atoms with Crippen molar-refractivity contribution in [2.45, 2.75) is 13.0 Å². The van der Waals surface area contributed by atoms with E-state index in [-0.39, 0.29) is 85.8 Å². The van der Waals surface area contributed by atoms with Gasteiger partial charge in [0.05, 0.1) is 43.9 Å². The minimum atomic E-state index is -0.875. The van der Waals surface area contributed by atoms with Crippen LogP contribution in [0.4, 0.5) is 0 Å². The third-order valence-corrected chi connectivity index (χ3v) is 4.92. The van der Waals surface area contributed by atoms with Gasteiger partial charge < -0.3 is 51.8 Å². The van der Waals surface area contributed by atoms with E-state index in [2.05, 4.69) is 11.7 Å². The fourth-order valence-electron chi connectivity index (χ4n) is 1.73. The number of benzene rings is 2. The van der Waals surface area contributed by atoms with Crippen LogP contribution in [0.15, 0.2) is 30.3 Å². The summed E-state index contributed by atoms with van der Waals surface area (Å²) in [5, 5.41) is 8.23. The fourth-order valence-corrected chi connectivity index (χ4v) is 2.73. The second-order valence-electron chi connectivity index (χ2n) is 5.16. The number of phenols is 1. The Morgan fingerprint density at radius 3 is 1.40 bits per heavy atom. The number of esters is 2. The molecule has 4 rings (SSSR count). The topological polar surface area (TPSA) is 76.1 Å². The number of ether oxygens (including phenoxy) is 2. The molecule has 0 aliphatic carbocycles. The molecule has 0 radical (unpaired) electrons. The van der Waals surface area contributed by atoms with Crippen LogP contribution in [0.2, 0.25) is 20.1 Å². The monoisotopic (exact) mass is 568 g/mol. The quantitative estimate of drug-likeness (QED) is 0.0873. The zero-order valence-electron chi connectivity index (χ0n) is 15.0. The number of carbonyl (C=O) groups excluding carboxylic acids is 2. The molecular formula is C17H12AlCl7O5. The van der Waals surface area contributed by atoms with Crippen molar-refractivity contribution < 1.29 is 61.4 Å². The molecule has 0 saturated carbocycles. The van der Waals surface area contributed by atoms with Crippen LogP contribution in [0.25, 0.3) is 0 Å². The van der Waals surface area contributed by atoms with Crippen molar-refractivity contribution in [1.82, 2.24) is 0 Å². The van der Waals surface area contributed by atoms with Gasteiger partial charge in [0.25, 0.3) is 0 Å². The van der Waals surface area contributed by atoms with E-state index in [1.807, 2.05) is 6.07 Å². The number of fused-ring (bicyclic) bond motifs is 1. The SMILES string of the molecule is CC1CO1.O=C1OC(=O)c2c(Cl)c(Cl)c(Cl)c(Cl)c21.Oc1ccccc1.[Al+3].[Cl-].[Cl-].[Cl-]. The predicted octanol–water partition coefficient (Wildman–Crippen LogP) is -3.96. The second kappa shape index (κ2) is 15.7. The molecule has 0 amide bonds. The van der Waals surface area contributed by atoms with Gasteiger partial charge in [0.15, 0.2) is 0 Å². The van der Waals surface area contributed by atoms with E-state index in [4.69, 9.17) is 56.2 Å². The number of rotatable bonds is 0. The van der Waals surface area contributed by atoms with Crippen LogP contribution in [0.3, 0.4) is 0 Å². The number of cyclic esters (lactones) is 2. The van der Waals surface area contributed by atoms with E-state index >= 15 is 0 Å². The summed E-state index contributed by atoms with van der Waals surface area (Å²) in [7, 11) is 0. The Morgan fingerprint density at radius 1 is 0.833 bits per heavy atom. The van der Waals surface area contributed by atoms with E-state index in [1.165, 1.54) is 0 Å². The average Bonchev–Trinajstić information content (AvgIpc) is 3.33. The van der Waals surface area contributed by atoms with Crippen molar-refractivity contribution in [3.05, 3.63) is 61.5 Å². The second-order valence-corrected chi connectivity index (χ2v) is 6.67. The number of phenolic OH excluding ortho intramolecular Hbond substituents is 1. The van der Waals surface area contributed by atoms with Crippen molar-refractivity contribution in [2.24, 2.45) is 0 Å². The van der Waals surface area contributed by atoms with Crippen LogP contribution in [0, 0.1) is 0 Å². The first-order chi connectivity index (χ1) is 12.2. The minimum absolute atomic E-state index is 0. The van der Waals surface area contributed by atoms with Crippen molar-refractivity contribution in [3.8, 4) is 5.75 Å². The van der Waals surface area contributed by atoms with E-state index in [9.17, 15) is 9.59 Å². The van der Waals surface area contributed by atoms with Gasteiger partial charge in [-0.1, -0.05) is 64.6 Å². The van der Waals surface area contributed by atoms with Crippen molar-refractivity contribution >= 4 is 75.7 Å². The number of para-hydroxylation sites is 1. The van der Waals surface area contributed by atoms with E-state index in [0.29, 0.717) is 11.9 Å². The molecule has 0 spiro atoms. The molecule has 1 atom stereocenters. The van der Waals surface area contributed by atoms with Gasteiger partial charge in [-0.25, -0.2) is 9.59 Å². The minimum Gasteiger partial charge on any atom is -1.00 e. The molecule has 13 heteroatoms. The molecule has 2 aliphatic heterocycles. The largest absolute Gasteiger partial charge is 3.00 e. The summed E-state index contributed by atoms with van der Waals surface area (Å²) in [4.78, 5) is 22.4. The van der Waals surface area contributed by atoms with Gasteiger partial charge in [0, 0.05) is 0 Å². The predicted molar refractivity (Wildman–Crippen MR) is 106 cm³/mol. The Bertz CT molecular complexity index is 803. The van der Waals surface area contributed by atoms with Crippen molar-refractivity contribution in [2.75, 3.05) is 6.61 Å². The number of halogens is 7. The molecule has 1 N–H and O–H groups in total. The molecule has 1 saturated heterocycles. The van der Waals surface area contributed by atoms with Crippen molar-refractivity contribution in [3.63, 3.8) is 0 Å². The normalized spacial score (nSPS) is 14.4. The first-order valence-corrected chi connectivity index (χ1v) is 8.73. The maximum Gasteiger partial charge on any atom is 3.00 e. The van der Waals surface area contributed by atoms with Crippen LogP contribution < -0.4 is 37.2 Å². The molecule has 1 fully saturated rings. The third kappa shape index (κ3) is 9.18. The van der Waals surface area contributed by atoms with Crippen LogP contribution in [-0.2, 0) is 9.47 Å². The summed E-state index contributed by atoms with van der Waals surface area (Å²) in [5.74, 6) is -1.43. The molecule has 5 nitrogen and oxygen atoms in total. The molecule has 2 aromatic carbocycles. The Balaban J connectivity index is -0.000000412. The summed E-state index contributed by atoms with van der Waals surface area (Å²) in [6, 6.07) is 8.71. The Hall–Kier alpha value is -0.0975. The maximum absolute atomic E-state index is 11.2. The summed E-state index contributed by atoms with van der Waals surface area (Å²) in [6.45, 7) is 3.04. The van der Waals surface area contributed by atoms with Crippen LogP contribution in [0.5, 0.6) is 5.75 Å². The smallest absolute Gasteiger partial charge is 1.00 e. The molecule has 0 aromatic heterocycles. The zero-order chi connectivity index (χ0) is 19.4. The van der Waals surface area contributed by atoms with E-state index < -0.39 is 11.9 Å². The number of hydrogen-bond donors (Lipinski definition) is 1. The van der Waals surface area contributed by atoms with Gasteiger partial charge in [-0.3, -0.25) is 0 Å². The Labute approximate surface area is 222 Å². The summed E-state index contributed by atoms with van der Waals surface area (Å²) < 4.78 is 9.05. The first kappa shape index (κ1) is 34.5. The average molecular weight is 571 g/mol. The van der Waals surface area contributed by atoms with Crippen molar-refractivity contribution in [1.29, 1.82) is 0 Å². The molecule has 2 aliphatic rings. The van der Waals surface area contributed by atoms with Gasteiger partial charge >= 0.3 is 29.3 Å². The third-order valence-electron chi connectivity index (χ3n) is 3.12. The molecule has 162 valence electrons. The Morgan fingerprint density at radius 2 is 1.17 bits per heavy atom. The molecule has 2 aromatic rings. The zero-order valence-corrected chi connectivity index (χ0v) is 21.4. The number of hydrogen-bond acceptors (Lipinski definition) is 5. The fraction of sp³-hybridized carbons (Fsp3) is 0.176. The Kier molecular flexibility index (Phi) is 18.0. The maximum atomic E-state index is 11.2. The van der Waals surface area contributed by atoms with Gasteiger partial charge in [-0.2, -0.15) is 0 Å². The summed E-state index contributed by atoms with van der Waals surface area (Å²) in [6.07, 6.45) is 0.583.